The van der Waals surface area contributed by atoms with Gasteiger partial charge in [-0.25, -0.2) is 9.37 Å². The normalized spacial score (nSPS) is 11.0. The summed E-state index contributed by atoms with van der Waals surface area (Å²) in [6.07, 6.45) is 1.64. The van der Waals surface area contributed by atoms with E-state index in [4.69, 9.17) is 11.6 Å². The molecule has 0 fully saturated rings. The van der Waals surface area contributed by atoms with Crippen LogP contribution in [0.3, 0.4) is 0 Å². The fraction of sp³-hybridized carbons (Fsp3) is 0. The molecule has 1 aromatic carbocycles. The molecule has 18 heavy (non-hydrogen) atoms. The van der Waals surface area contributed by atoms with E-state index in [1.165, 1.54) is 24.3 Å². The first-order chi connectivity index (χ1) is 8.65. The van der Waals surface area contributed by atoms with Crippen LogP contribution < -0.4 is 0 Å². The Kier molecular flexibility index (Phi) is 2.45. The van der Waals surface area contributed by atoms with Gasteiger partial charge in [0.15, 0.2) is 5.15 Å². The van der Waals surface area contributed by atoms with Gasteiger partial charge >= 0.3 is 0 Å². The lowest BCUT2D eigenvalue weighted by Gasteiger charge is -2.01. The number of pyridine rings is 1. The molecular formula is C13H8ClFN2O. The van der Waals surface area contributed by atoms with E-state index in [1.807, 2.05) is 0 Å². The Hall–Kier alpha value is -2.07. The van der Waals surface area contributed by atoms with E-state index in [1.54, 1.807) is 22.7 Å². The van der Waals surface area contributed by atoms with Gasteiger partial charge in [-0.05, 0) is 18.2 Å². The van der Waals surface area contributed by atoms with Crippen molar-refractivity contribution in [1.29, 1.82) is 0 Å². The van der Waals surface area contributed by atoms with E-state index in [0.717, 1.165) is 0 Å². The minimum atomic E-state index is -0.334. The standard InChI is InChI=1S/C13H8ClFN2O/c14-12-11-7-10(18)4-5-17(11)13(16-12)8-2-1-3-9(15)6-8/h1-7,18H. The molecule has 0 saturated heterocycles. The molecule has 90 valence electrons. The number of halogens is 2. The molecule has 0 atom stereocenters. The Labute approximate surface area is 107 Å². The number of hydrogen-bond acceptors (Lipinski definition) is 2. The average molecular weight is 263 g/mol. The summed E-state index contributed by atoms with van der Waals surface area (Å²) < 4.78 is 14.9. The van der Waals surface area contributed by atoms with Crippen molar-refractivity contribution in [2.75, 3.05) is 0 Å². The number of benzene rings is 1. The minimum Gasteiger partial charge on any atom is -0.508 e. The van der Waals surface area contributed by atoms with E-state index in [-0.39, 0.29) is 16.7 Å². The summed E-state index contributed by atoms with van der Waals surface area (Å²) in [5.74, 6) is 0.309. The first kappa shape index (κ1) is 11.0. The zero-order valence-electron chi connectivity index (χ0n) is 9.14. The highest BCUT2D eigenvalue weighted by Crippen LogP contribution is 2.28. The summed E-state index contributed by atoms with van der Waals surface area (Å²) in [6.45, 7) is 0. The Morgan fingerprint density at radius 1 is 1.22 bits per heavy atom. The molecule has 2 aromatic heterocycles. The van der Waals surface area contributed by atoms with Crippen LogP contribution in [0, 0.1) is 5.82 Å². The molecule has 1 N–H and O–H groups in total. The number of imidazole rings is 1. The molecule has 3 aromatic rings. The average Bonchev–Trinajstić information content (AvgIpc) is 2.67. The van der Waals surface area contributed by atoms with Gasteiger partial charge in [-0.15, -0.1) is 0 Å². The second kappa shape index (κ2) is 3.99. The zero-order valence-corrected chi connectivity index (χ0v) is 9.89. The first-order valence-corrected chi connectivity index (χ1v) is 5.65. The van der Waals surface area contributed by atoms with Crippen LogP contribution in [-0.2, 0) is 0 Å². The van der Waals surface area contributed by atoms with E-state index in [9.17, 15) is 9.50 Å². The lowest BCUT2D eigenvalue weighted by atomic mass is 10.2. The van der Waals surface area contributed by atoms with Crippen molar-refractivity contribution in [3.05, 3.63) is 53.6 Å². The minimum absolute atomic E-state index is 0.107. The fourth-order valence-corrected chi connectivity index (χ4v) is 2.09. The molecule has 0 amide bonds. The van der Waals surface area contributed by atoms with Crippen LogP contribution in [-0.4, -0.2) is 14.5 Å². The zero-order chi connectivity index (χ0) is 12.7. The molecule has 0 aliphatic carbocycles. The summed E-state index contributed by atoms with van der Waals surface area (Å²) in [7, 11) is 0. The van der Waals surface area contributed by atoms with Gasteiger partial charge in [0.1, 0.15) is 17.4 Å². The quantitative estimate of drug-likeness (QED) is 0.729. The largest absolute Gasteiger partial charge is 0.508 e. The molecule has 0 radical (unpaired) electrons. The van der Waals surface area contributed by atoms with Crippen LogP contribution in [0.25, 0.3) is 16.9 Å². The van der Waals surface area contributed by atoms with Crippen LogP contribution in [0.15, 0.2) is 42.6 Å². The van der Waals surface area contributed by atoms with Gasteiger partial charge in [0, 0.05) is 17.8 Å². The lowest BCUT2D eigenvalue weighted by Crippen LogP contribution is -1.89. The summed E-state index contributed by atoms with van der Waals surface area (Å²) >= 11 is 6.00. The predicted octanol–water partition coefficient (Wildman–Crippen LogP) is 3.50. The van der Waals surface area contributed by atoms with Crippen molar-refractivity contribution >= 4 is 17.1 Å². The van der Waals surface area contributed by atoms with Crippen molar-refractivity contribution in [2.24, 2.45) is 0 Å². The number of hydrogen-bond donors (Lipinski definition) is 1. The van der Waals surface area contributed by atoms with Gasteiger partial charge in [-0.3, -0.25) is 4.40 Å². The van der Waals surface area contributed by atoms with E-state index in [2.05, 4.69) is 4.98 Å². The van der Waals surface area contributed by atoms with Crippen LogP contribution in [0.5, 0.6) is 5.75 Å². The highest BCUT2D eigenvalue weighted by Gasteiger charge is 2.12. The number of nitrogens with zero attached hydrogens (tertiary/aromatic N) is 2. The van der Waals surface area contributed by atoms with Crippen molar-refractivity contribution in [2.45, 2.75) is 0 Å². The molecule has 0 spiro atoms. The summed E-state index contributed by atoms with van der Waals surface area (Å²) in [5.41, 5.74) is 1.21. The van der Waals surface area contributed by atoms with Gasteiger partial charge in [0.2, 0.25) is 0 Å². The van der Waals surface area contributed by atoms with Crippen LogP contribution in [0.1, 0.15) is 0 Å². The van der Waals surface area contributed by atoms with Gasteiger partial charge < -0.3 is 5.11 Å². The van der Waals surface area contributed by atoms with Crippen molar-refractivity contribution in [3.63, 3.8) is 0 Å². The maximum Gasteiger partial charge on any atom is 0.155 e. The molecule has 5 heteroatoms. The predicted molar refractivity (Wildman–Crippen MR) is 67.3 cm³/mol. The molecular weight excluding hydrogens is 255 g/mol. The number of aromatic nitrogens is 2. The highest BCUT2D eigenvalue weighted by molar-refractivity contribution is 6.33. The highest BCUT2D eigenvalue weighted by atomic mass is 35.5. The summed E-state index contributed by atoms with van der Waals surface area (Å²) in [6, 6.07) is 9.15. The Bertz CT molecular complexity index is 739. The molecule has 3 nitrogen and oxygen atoms in total. The van der Waals surface area contributed by atoms with Crippen LogP contribution in [0.2, 0.25) is 5.15 Å². The van der Waals surface area contributed by atoms with Crippen LogP contribution in [0.4, 0.5) is 4.39 Å². The Morgan fingerprint density at radius 3 is 2.83 bits per heavy atom. The second-order valence-electron chi connectivity index (χ2n) is 3.88. The van der Waals surface area contributed by atoms with Gasteiger partial charge in [-0.2, -0.15) is 0 Å². The molecule has 0 bridgehead atoms. The molecule has 0 saturated carbocycles. The van der Waals surface area contributed by atoms with Crippen molar-refractivity contribution in [3.8, 4) is 17.1 Å². The van der Waals surface area contributed by atoms with Crippen molar-refractivity contribution < 1.29 is 9.50 Å². The fourth-order valence-electron chi connectivity index (χ4n) is 1.87. The molecule has 0 aliphatic rings. The second-order valence-corrected chi connectivity index (χ2v) is 4.23. The summed E-state index contributed by atoms with van der Waals surface area (Å²) in [5, 5.41) is 9.69. The smallest absolute Gasteiger partial charge is 0.155 e. The molecule has 0 unspecified atom stereocenters. The van der Waals surface area contributed by atoms with E-state index >= 15 is 0 Å². The lowest BCUT2D eigenvalue weighted by molar-refractivity contribution is 0.475. The van der Waals surface area contributed by atoms with E-state index in [0.29, 0.717) is 16.9 Å². The molecule has 2 heterocycles. The number of aromatic hydroxyl groups is 1. The van der Waals surface area contributed by atoms with Crippen molar-refractivity contribution in [1.82, 2.24) is 9.38 Å². The molecule has 0 aliphatic heterocycles. The Balaban J connectivity index is 2.30. The third-order valence-electron chi connectivity index (χ3n) is 2.66. The maximum absolute atomic E-state index is 13.2. The topological polar surface area (TPSA) is 37.5 Å². The number of rotatable bonds is 1. The van der Waals surface area contributed by atoms with Gasteiger partial charge in [0.25, 0.3) is 0 Å². The first-order valence-electron chi connectivity index (χ1n) is 5.27. The number of fused-ring (bicyclic) bond motifs is 1. The van der Waals surface area contributed by atoms with Crippen LogP contribution >= 0.6 is 11.6 Å². The monoisotopic (exact) mass is 262 g/mol. The summed E-state index contributed by atoms with van der Waals surface area (Å²) in [4.78, 5) is 4.19. The van der Waals surface area contributed by atoms with Gasteiger partial charge in [0.05, 0.1) is 5.52 Å². The maximum atomic E-state index is 13.2. The third-order valence-corrected chi connectivity index (χ3v) is 2.94. The molecule has 3 rings (SSSR count). The Morgan fingerprint density at radius 2 is 2.06 bits per heavy atom. The SMILES string of the molecule is Oc1ccn2c(-c3cccc(F)c3)nc(Cl)c2c1. The third kappa shape index (κ3) is 1.71. The van der Waals surface area contributed by atoms with E-state index < -0.39 is 0 Å². The van der Waals surface area contributed by atoms with Gasteiger partial charge in [-0.1, -0.05) is 23.7 Å².